The van der Waals surface area contributed by atoms with E-state index in [1.165, 1.54) is 19.2 Å². The largest absolute Gasteiger partial charge is 0.496 e. The molecule has 0 saturated carbocycles. The summed E-state index contributed by atoms with van der Waals surface area (Å²) in [4.78, 5) is 21.3. The zero-order valence-electron chi connectivity index (χ0n) is 11.5. The van der Waals surface area contributed by atoms with E-state index in [9.17, 15) is 14.9 Å². The summed E-state index contributed by atoms with van der Waals surface area (Å²) in [5.41, 5.74) is 0.368. The number of anilines is 1. The number of nitro groups is 1. The summed E-state index contributed by atoms with van der Waals surface area (Å²) in [5, 5.41) is 22.8. The zero-order chi connectivity index (χ0) is 15.1. The minimum Gasteiger partial charge on any atom is -0.496 e. The van der Waals surface area contributed by atoms with E-state index in [2.05, 4.69) is 5.32 Å². The number of nitrogens with zero attached hydrogens (tertiary/aromatic N) is 1. The molecule has 0 saturated heterocycles. The number of benzene rings is 1. The highest BCUT2D eigenvalue weighted by molar-refractivity contribution is 5.71. The molecule has 0 aliphatic heterocycles. The Labute approximate surface area is 116 Å². The number of nitrogens with one attached hydrogen (secondary N) is 1. The molecule has 0 aromatic heterocycles. The normalized spacial score (nSPS) is 11.7. The Hall–Kier alpha value is -2.31. The maximum atomic E-state index is 11.0. The van der Waals surface area contributed by atoms with Gasteiger partial charge in [0.2, 0.25) is 0 Å². The molecule has 1 unspecified atom stereocenters. The third kappa shape index (κ3) is 4.42. The highest BCUT2D eigenvalue weighted by Gasteiger charge is 2.17. The first kappa shape index (κ1) is 15.7. The second-order valence-corrected chi connectivity index (χ2v) is 4.38. The van der Waals surface area contributed by atoms with Gasteiger partial charge in [0, 0.05) is 24.4 Å². The summed E-state index contributed by atoms with van der Waals surface area (Å²) in [6, 6.07) is 4.26. The van der Waals surface area contributed by atoms with E-state index >= 15 is 0 Å². The van der Waals surface area contributed by atoms with Crippen molar-refractivity contribution in [1.82, 2.24) is 0 Å². The summed E-state index contributed by atoms with van der Waals surface area (Å²) in [7, 11) is 1.42. The van der Waals surface area contributed by atoms with Gasteiger partial charge in [0.25, 0.3) is 5.69 Å². The molecule has 1 aromatic carbocycles. The van der Waals surface area contributed by atoms with Crippen LogP contribution in [0.5, 0.6) is 5.75 Å². The number of ether oxygens (including phenoxy) is 1. The van der Waals surface area contributed by atoms with Crippen LogP contribution in [-0.2, 0) is 4.79 Å². The van der Waals surface area contributed by atoms with Crippen LogP contribution in [-0.4, -0.2) is 29.7 Å². The van der Waals surface area contributed by atoms with Crippen molar-refractivity contribution in [3.8, 4) is 5.75 Å². The summed E-state index contributed by atoms with van der Waals surface area (Å²) in [6.07, 6.45) is 1.31. The van der Waals surface area contributed by atoms with E-state index in [-0.39, 0.29) is 12.2 Å². The summed E-state index contributed by atoms with van der Waals surface area (Å²) >= 11 is 0. The van der Waals surface area contributed by atoms with Crippen molar-refractivity contribution in [2.45, 2.75) is 19.8 Å². The Morgan fingerprint density at radius 1 is 1.50 bits per heavy atom. The average molecular weight is 282 g/mol. The predicted octanol–water partition coefficient (Wildman–Crippen LogP) is 2.52. The molecule has 1 aromatic rings. The monoisotopic (exact) mass is 282 g/mol. The fourth-order valence-corrected chi connectivity index (χ4v) is 1.81. The number of carboxylic acids is 1. The van der Waals surface area contributed by atoms with Crippen LogP contribution in [0.25, 0.3) is 0 Å². The number of hydrogen-bond acceptors (Lipinski definition) is 5. The molecule has 7 nitrogen and oxygen atoms in total. The van der Waals surface area contributed by atoms with Gasteiger partial charge in [-0.3, -0.25) is 14.9 Å². The maximum absolute atomic E-state index is 11.0. The van der Waals surface area contributed by atoms with Crippen LogP contribution in [0.15, 0.2) is 18.2 Å². The number of nitro benzene ring substituents is 1. The first-order valence-electron chi connectivity index (χ1n) is 6.28. The van der Waals surface area contributed by atoms with Gasteiger partial charge >= 0.3 is 5.97 Å². The first-order chi connectivity index (χ1) is 9.47. The van der Waals surface area contributed by atoms with E-state index in [1.54, 1.807) is 6.07 Å². The molecule has 0 aliphatic carbocycles. The number of non-ortho nitro benzene ring substituents is 1. The molecule has 1 atom stereocenters. The second kappa shape index (κ2) is 7.32. The van der Waals surface area contributed by atoms with Gasteiger partial charge in [0.05, 0.1) is 24.0 Å². The molecule has 2 N–H and O–H groups in total. The Morgan fingerprint density at radius 2 is 2.20 bits per heavy atom. The number of aliphatic carboxylic acids is 1. The van der Waals surface area contributed by atoms with Gasteiger partial charge in [0.1, 0.15) is 5.75 Å². The lowest BCUT2D eigenvalue weighted by atomic mass is 10.0. The lowest BCUT2D eigenvalue weighted by Crippen LogP contribution is -2.22. The number of rotatable bonds is 8. The number of carbonyl (C=O) groups is 1. The first-order valence-corrected chi connectivity index (χ1v) is 6.28. The minimum atomic E-state index is -0.878. The van der Waals surface area contributed by atoms with Gasteiger partial charge in [0.15, 0.2) is 0 Å². The van der Waals surface area contributed by atoms with Crippen molar-refractivity contribution < 1.29 is 19.6 Å². The number of carboxylic acid groups (broad SMARTS) is 1. The molecule has 0 heterocycles. The predicted molar refractivity (Wildman–Crippen MR) is 74.2 cm³/mol. The van der Waals surface area contributed by atoms with Gasteiger partial charge in [-0.05, 0) is 6.42 Å². The second-order valence-electron chi connectivity index (χ2n) is 4.38. The van der Waals surface area contributed by atoms with Gasteiger partial charge < -0.3 is 15.2 Å². The van der Waals surface area contributed by atoms with Gasteiger partial charge in [-0.1, -0.05) is 13.3 Å². The molecule has 0 bridgehead atoms. The van der Waals surface area contributed by atoms with Crippen molar-refractivity contribution in [3.05, 3.63) is 28.3 Å². The van der Waals surface area contributed by atoms with Crippen molar-refractivity contribution in [2.75, 3.05) is 19.0 Å². The smallest absolute Gasteiger partial charge is 0.308 e. The summed E-state index contributed by atoms with van der Waals surface area (Å²) in [6.45, 7) is 2.12. The molecule has 7 heteroatoms. The molecule has 0 radical (unpaired) electrons. The Morgan fingerprint density at radius 3 is 2.70 bits per heavy atom. The van der Waals surface area contributed by atoms with Gasteiger partial charge in [-0.25, -0.2) is 0 Å². The quantitative estimate of drug-likeness (QED) is 0.561. The van der Waals surface area contributed by atoms with E-state index in [0.717, 1.165) is 6.42 Å². The maximum Gasteiger partial charge on any atom is 0.308 e. The van der Waals surface area contributed by atoms with Crippen LogP contribution in [0.4, 0.5) is 11.4 Å². The van der Waals surface area contributed by atoms with E-state index in [1.807, 2.05) is 6.92 Å². The average Bonchev–Trinajstić information content (AvgIpc) is 2.42. The van der Waals surface area contributed by atoms with Crippen molar-refractivity contribution in [2.24, 2.45) is 5.92 Å². The molecule has 110 valence electrons. The van der Waals surface area contributed by atoms with Crippen molar-refractivity contribution in [1.29, 1.82) is 0 Å². The lowest BCUT2D eigenvalue weighted by molar-refractivity contribution is -0.384. The lowest BCUT2D eigenvalue weighted by Gasteiger charge is -2.13. The highest BCUT2D eigenvalue weighted by Crippen LogP contribution is 2.26. The van der Waals surface area contributed by atoms with E-state index < -0.39 is 16.8 Å². The van der Waals surface area contributed by atoms with Crippen LogP contribution < -0.4 is 10.1 Å². The standard InChI is InChI=1S/C13H18N2O5/c1-3-4-9(13(16)17)8-14-10-5-11(15(18)19)7-12(6-10)20-2/h5-7,9,14H,3-4,8H2,1-2H3,(H,16,17). The summed E-state index contributed by atoms with van der Waals surface area (Å²) in [5.74, 6) is -1.05. The minimum absolute atomic E-state index is 0.103. The van der Waals surface area contributed by atoms with Crippen LogP contribution in [0.2, 0.25) is 0 Å². The molecule has 1 rings (SSSR count). The third-order valence-electron chi connectivity index (χ3n) is 2.88. The number of hydrogen-bond donors (Lipinski definition) is 2. The van der Waals surface area contributed by atoms with E-state index in [0.29, 0.717) is 17.9 Å². The molecule has 0 amide bonds. The van der Waals surface area contributed by atoms with Crippen LogP contribution in [0.1, 0.15) is 19.8 Å². The molecular formula is C13H18N2O5. The van der Waals surface area contributed by atoms with Gasteiger partial charge in [-0.2, -0.15) is 0 Å². The Balaban J connectivity index is 2.83. The molecule has 0 fully saturated rings. The molecular weight excluding hydrogens is 264 g/mol. The Bertz CT molecular complexity index is 490. The van der Waals surface area contributed by atoms with Crippen molar-refractivity contribution >= 4 is 17.3 Å². The molecule has 20 heavy (non-hydrogen) atoms. The third-order valence-corrected chi connectivity index (χ3v) is 2.88. The van der Waals surface area contributed by atoms with Crippen LogP contribution >= 0.6 is 0 Å². The molecule has 0 aliphatic rings. The van der Waals surface area contributed by atoms with Crippen molar-refractivity contribution in [3.63, 3.8) is 0 Å². The fourth-order valence-electron chi connectivity index (χ4n) is 1.81. The Kier molecular flexibility index (Phi) is 5.76. The fraction of sp³-hybridized carbons (Fsp3) is 0.462. The SMILES string of the molecule is CCCC(CNc1cc(OC)cc([N+](=O)[O-])c1)C(=O)O. The van der Waals surface area contributed by atoms with Crippen LogP contribution in [0.3, 0.4) is 0 Å². The van der Waals surface area contributed by atoms with Gasteiger partial charge in [-0.15, -0.1) is 0 Å². The zero-order valence-corrected chi connectivity index (χ0v) is 11.5. The highest BCUT2D eigenvalue weighted by atomic mass is 16.6. The topological polar surface area (TPSA) is 102 Å². The summed E-state index contributed by atoms with van der Waals surface area (Å²) < 4.78 is 4.99. The number of methoxy groups -OCH3 is 1. The van der Waals surface area contributed by atoms with Crippen LogP contribution in [0, 0.1) is 16.0 Å². The molecule has 0 spiro atoms. The van der Waals surface area contributed by atoms with E-state index in [4.69, 9.17) is 9.84 Å².